The highest BCUT2D eigenvalue weighted by Gasteiger charge is 2.48. The van der Waals surface area contributed by atoms with E-state index in [2.05, 4.69) is 0 Å². The molecule has 3 aromatic rings. The van der Waals surface area contributed by atoms with Crippen molar-refractivity contribution in [2.24, 2.45) is 0 Å². The van der Waals surface area contributed by atoms with Crippen LogP contribution in [0.3, 0.4) is 0 Å². The van der Waals surface area contributed by atoms with E-state index >= 15 is 0 Å². The van der Waals surface area contributed by atoms with E-state index in [0.29, 0.717) is 33.5 Å². The van der Waals surface area contributed by atoms with Crippen LogP contribution in [-0.4, -0.2) is 23.9 Å². The van der Waals surface area contributed by atoms with Crippen LogP contribution in [0.1, 0.15) is 23.1 Å². The Morgan fingerprint density at radius 3 is 2.27 bits per heavy atom. The number of aliphatic hydroxyl groups is 1. The van der Waals surface area contributed by atoms with Crippen LogP contribution in [0, 0.1) is 6.92 Å². The summed E-state index contributed by atoms with van der Waals surface area (Å²) in [5.41, 5.74) is 0.807. The molecule has 0 saturated carbocycles. The number of nitrogens with zero attached hydrogens (tertiary/aromatic N) is 1. The Morgan fingerprint density at radius 1 is 1.03 bits per heavy atom. The molecule has 1 saturated heterocycles. The van der Waals surface area contributed by atoms with Gasteiger partial charge < -0.3 is 14.3 Å². The molecule has 152 valence electrons. The van der Waals surface area contributed by atoms with Gasteiger partial charge in [0.25, 0.3) is 11.7 Å². The first-order valence-corrected chi connectivity index (χ1v) is 9.56. The van der Waals surface area contributed by atoms with Gasteiger partial charge in [-0.3, -0.25) is 14.5 Å². The topological polar surface area (TPSA) is 80.0 Å². The van der Waals surface area contributed by atoms with Gasteiger partial charge in [-0.25, -0.2) is 0 Å². The van der Waals surface area contributed by atoms with E-state index in [-0.39, 0.29) is 11.3 Å². The average molecular weight is 424 g/mol. The van der Waals surface area contributed by atoms with Gasteiger partial charge in [0.2, 0.25) is 0 Å². The molecule has 1 amide bonds. The van der Waals surface area contributed by atoms with E-state index in [1.807, 2.05) is 0 Å². The second kappa shape index (κ2) is 7.72. The number of rotatable bonds is 4. The van der Waals surface area contributed by atoms with Crippen LogP contribution in [-0.2, 0) is 9.59 Å². The Balaban J connectivity index is 1.90. The number of hydrogen-bond donors (Lipinski definition) is 1. The molecule has 0 aliphatic carbocycles. The van der Waals surface area contributed by atoms with Gasteiger partial charge in [0, 0.05) is 16.3 Å². The lowest BCUT2D eigenvalue weighted by Gasteiger charge is -2.23. The maximum Gasteiger partial charge on any atom is 0.300 e. The molecule has 30 heavy (non-hydrogen) atoms. The van der Waals surface area contributed by atoms with Crippen molar-refractivity contribution in [3.05, 3.63) is 88.3 Å². The summed E-state index contributed by atoms with van der Waals surface area (Å²) >= 11 is 5.98. The lowest BCUT2D eigenvalue weighted by molar-refractivity contribution is -0.132. The van der Waals surface area contributed by atoms with E-state index in [1.54, 1.807) is 67.6 Å². The van der Waals surface area contributed by atoms with Crippen molar-refractivity contribution in [2.75, 3.05) is 12.0 Å². The minimum atomic E-state index is -0.915. The first-order valence-electron chi connectivity index (χ1n) is 9.18. The highest BCUT2D eigenvalue weighted by Crippen LogP contribution is 2.42. The molecule has 1 N–H and O–H groups in total. The van der Waals surface area contributed by atoms with Crippen LogP contribution in [0.5, 0.6) is 5.75 Å². The van der Waals surface area contributed by atoms with Crippen molar-refractivity contribution >= 4 is 34.7 Å². The first kappa shape index (κ1) is 19.8. The minimum absolute atomic E-state index is 0.0468. The third-order valence-corrected chi connectivity index (χ3v) is 5.20. The highest BCUT2D eigenvalue weighted by molar-refractivity contribution is 6.51. The molecule has 0 bridgehead atoms. The molecular formula is C23H18ClNO5. The van der Waals surface area contributed by atoms with Gasteiger partial charge in [-0.2, -0.15) is 0 Å². The molecule has 4 rings (SSSR count). The van der Waals surface area contributed by atoms with Crippen molar-refractivity contribution in [3.8, 4) is 5.75 Å². The molecule has 1 unspecified atom stereocenters. The fraction of sp³-hybridized carbons (Fsp3) is 0.130. The number of aryl methyl sites for hydroxylation is 1. The van der Waals surface area contributed by atoms with Crippen molar-refractivity contribution < 1.29 is 23.8 Å². The molecule has 7 heteroatoms. The van der Waals surface area contributed by atoms with Crippen molar-refractivity contribution in [3.63, 3.8) is 0 Å². The van der Waals surface area contributed by atoms with E-state index in [4.69, 9.17) is 20.8 Å². The number of hydrogen-bond acceptors (Lipinski definition) is 5. The monoisotopic (exact) mass is 423 g/mol. The number of furan rings is 1. The molecule has 2 aromatic carbocycles. The van der Waals surface area contributed by atoms with E-state index in [1.165, 1.54) is 12.0 Å². The first-order chi connectivity index (χ1) is 14.4. The zero-order chi connectivity index (χ0) is 21.4. The number of ether oxygens (including phenoxy) is 1. The zero-order valence-corrected chi connectivity index (χ0v) is 17.0. The lowest BCUT2D eigenvalue weighted by atomic mass is 9.99. The second-order valence-corrected chi connectivity index (χ2v) is 7.26. The minimum Gasteiger partial charge on any atom is -0.507 e. The molecule has 1 fully saturated rings. The van der Waals surface area contributed by atoms with Crippen LogP contribution >= 0.6 is 11.6 Å². The normalized spacial score (nSPS) is 18.1. The predicted molar refractivity (Wildman–Crippen MR) is 113 cm³/mol. The van der Waals surface area contributed by atoms with E-state index < -0.39 is 17.7 Å². The fourth-order valence-electron chi connectivity index (χ4n) is 3.47. The number of methoxy groups -OCH3 is 1. The van der Waals surface area contributed by atoms with Crippen molar-refractivity contribution in [1.82, 2.24) is 0 Å². The smallest absolute Gasteiger partial charge is 0.300 e. The molecule has 6 nitrogen and oxygen atoms in total. The molecule has 2 heterocycles. The number of amides is 1. The van der Waals surface area contributed by atoms with Crippen LogP contribution in [0.15, 0.2) is 70.7 Å². The van der Waals surface area contributed by atoms with Crippen molar-refractivity contribution in [2.45, 2.75) is 13.0 Å². The van der Waals surface area contributed by atoms with Crippen LogP contribution in [0.25, 0.3) is 5.76 Å². The molecule has 0 spiro atoms. The molecule has 1 aromatic heterocycles. The Kier molecular flexibility index (Phi) is 5.10. The number of aliphatic hydroxyl groups excluding tert-OH is 1. The summed E-state index contributed by atoms with van der Waals surface area (Å²) in [6.07, 6.45) is 0. The summed E-state index contributed by atoms with van der Waals surface area (Å²) in [7, 11) is 1.53. The lowest BCUT2D eigenvalue weighted by Crippen LogP contribution is -2.29. The standard InChI is InChI=1S/C23H18ClNO5/c1-13-3-12-18(30-13)20-19(21(26)14-4-10-17(29-2)11-5-14)22(27)23(28)25(20)16-8-6-15(24)7-9-16/h3-12,20,26H,1-2H3/b21-19-. The summed E-state index contributed by atoms with van der Waals surface area (Å²) < 4.78 is 10.9. The zero-order valence-electron chi connectivity index (χ0n) is 16.3. The predicted octanol–water partition coefficient (Wildman–Crippen LogP) is 4.88. The fourth-order valence-corrected chi connectivity index (χ4v) is 3.60. The SMILES string of the molecule is COc1ccc(/C(O)=C2/C(=O)C(=O)N(c3ccc(Cl)cc3)C2c2ccc(C)o2)cc1. The van der Waals surface area contributed by atoms with E-state index in [9.17, 15) is 14.7 Å². The van der Waals surface area contributed by atoms with Crippen LogP contribution < -0.4 is 9.64 Å². The third kappa shape index (κ3) is 3.35. The number of halogens is 1. The Labute approximate surface area is 177 Å². The van der Waals surface area contributed by atoms with Crippen LogP contribution in [0.4, 0.5) is 5.69 Å². The second-order valence-electron chi connectivity index (χ2n) is 6.82. The summed E-state index contributed by atoms with van der Waals surface area (Å²) in [6.45, 7) is 1.77. The molecular weight excluding hydrogens is 406 g/mol. The number of carbonyl (C=O) groups is 2. The largest absolute Gasteiger partial charge is 0.507 e. The van der Waals surface area contributed by atoms with Gasteiger partial charge >= 0.3 is 0 Å². The van der Waals surface area contributed by atoms with Gasteiger partial charge in [0.1, 0.15) is 29.1 Å². The quantitative estimate of drug-likeness (QED) is 0.367. The molecule has 1 atom stereocenters. The highest BCUT2D eigenvalue weighted by atomic mass is 35.5. The average Bonchev–Trinajstić information content (AvgIpc) is 3.29. The van der Waals surface area contributed by atoms with Gasteiger partial charge in [0.15, 0.2) is 0 Å². The van der Waals surface area contributed by atoms with E-state index in [0.717, 1.165) is 0 Å². The summed E-state index contributed by atoms with van der Waals surface area (Å²) in [6, 6.07) is 15.6. The number of Topliss-reactive ketones (excluding diaryl/α,β-unsaturated/α-hetero) is 1. The number of benzene rings is 2. The Hall–Kier alpha value is -3.51. The Morgan fingerprint density at radius 2 is 1.70 bits per heavy atom. The molecule has 1 aliphatic rings. The molecule has 0 radical (unpaired) electrons. The van der Waals surface area contributed by atoms with Gasteiger partial charge in [0.05, 0.1) is 12.7 Å². The third-order valence-electron chi connectivity index (χ3n) is 4.94. The summed E-state index contributed by atoms with van der Waals surface area (Å²) in [4.78, 5) is 27.3. The summed E-state index contributed by atoms with van der Waals surface area (Å²) in [5, 5.41) is 11.5. The van der Waals surface area contributed by atoms with Gasteiger partial charge in [-0.15, -0.1) is 0 Å². The maximum atomic E-state index is 13.0. The van der Waals surface area contributed by atoms with Crippen LogP contribution in [0.2, 0.25) is 5.02 Å². The maximum absolute atomic E-state index is 13.0. The molecule has 1 aliphatic heterocycles. The number of anilines is 1. The van der Waals surface area contributed by atoms with Gasteiger partial charge in [-0.05, 0) is 67.6 Å². The summed E-state index contributed by atoms with van der Waals surface area (Å²) in [5.74, 6) is -0.241. The van der Waals surface area contributed by atoms with Gasteiger partial charge in [-0.1, -0.05) is 11.6 Å². The number of ketones is 1. The Bertz CT molecular complexity index is 1150. The van der Waals surface area contributed by atoms with Crippen molar-refractivity contribution in [1.29, 1.82) is 0 Å². The number of carbonyl (C=O) groups excluding carboxylic acids is 2.